The van der Waals surface area contributed by atoms with Gasteiger partial charge in [-0.15, -0.1) is 0 Å². The van der Waals surface area contributed by atoms with Crippen molar-refractivity contribution in [2.75, 3.05) is 7.11 Å². The van der Waals surface area contributed by atoms with Crippen LogP contribution in [0.3, 0.4) is 0 Å². The maximum absolute atomic E-state index is 12.0. The van der Waals surface area contributed by atoms with Gasteiger partial charge in [0.05, 0.1) is 13.5 Å². The molecule has 1 N–H and O–H groups in total. The molecule has 0 spiro atoms. The SMILES string of the molecule is COc1ccc(CC(=O)N/N=C(\C)[C@H]2C[C@@H]3CC[C@@H]2C3)cc1. The summed E-state index contributed by atoms with van der Waals surface area (Å²) < 4.78 is 5.11. The van der Waals surface area contributed by atoms with Gasteiger partial charge >= 0.3 is 0 Å². The van der Waals surface area contributed by atoms with Gasteiger partial charge in [0.2, 0.25) is 5.91 Å². The molecule has 0 aliphatic heterocycles. The minimum absolute atomic E-state index is 0.0623. The molecular formula is C18H24N2O2. The number of carbonyl (C=O) groups is 1. The van der Waals surface area contributed by atoms with Crippen LogP contribution in [-0.4, -0.2) is 18.7 Å². The van der Waals surface area contributed by atoms with E-state index in [0.717, 1.165) is 28.9 Å². The molecular weight excluding hydrogens is 276 g/mol. The highest BCUT2D eigenvalue weighted by Crippen LogP contribution is 2.48. The van der Waals surface area contributed by atoms with Crippen LogP contribution in [0.15, 0.2) is 29.4 Å². The third-order valence-electron chi connectivity index (χ3n) is 5.16. The minimum atomic E-state index is -0.0623. The molecule has 118 valence electrons. The number of benzene rings is 1. The van der Waals surface area contributed by atoms with Crippen LogP contribution in [0.1, 0.15) is 38.2 Å². The molecule has 1 aromatic rings. The molecule has 0 saturated heterocycles. The number of nitrogens with zero attached hydrogens (tertiary/aromatic N) is 1. The zero-order valence-electron chi connectivity index (χ0n) is 13.3. The van der Waals surface area contributed by atoms with Gasteiger partial charge in [-0.3, -0.25) is 4.79 Å². The van der Waals surface area contributed by atoms with E-state index < -0.39 is 0 Å². The molecule has 0 heterocycles. The number of hydrogen-bond acceptors (Lipinski definition) is 3. The number of amides is 1. The highest BCUT2D eigenvalue weighted by molar-refractivity contribution is 5.87. The zero-order valence-corrected chi connectivity index (χ0v) is 13.3. The Kier molecular flexibility index (Phi) is 4.46. The summed E-state index contributed by atoms with van der Waals surface area (Å²) in [6, 6.07) is 7.55. The van der Waals surface area contributed by atoms with Crippen molar-refractivity contribution < 1.29 is 9.53 Å². The van der Waals surface area contributed by atoms with Crippen molar-refractivity contribution in [3.05, 3.63) is 29.8 Å². The fraction of sp³-hybridized carbons (Fsp3) is 0.556. The summed E-state index contributed by atoms with van der Waals surface area (Å²) >= 11 is 0. The standard InChI is InChI=1S/C18H24N2O2/c1-12(17-10-14-3-6-15(17)9-14)19-20-18(21)11-13-4-7-16(22-2)8-5-13/h4-5,7-8,14-15,17H,3,6,9-11H2,1-2H3,(H,20,21)/b19-12+/t14-,15-,17-/m1/s1. The molecule has 1 amide bonds. The Bertz CT molecular complexity index is 565. The first-order chi connectivity index (χ1) is 10.7. The number of hydrogen-bond donors (Lipinski definition) is 1. The molecule has 0 unspecified atom stereocenters. The van der Waals surface area contributed by atoms with Crippen molar-refractivity contribution in [3.63, 3.8) is 0 Å². The first-order valence-corrected chi connectivity index (χ1v) is 8.11. The first-order valence-electron chi connectivity index (χ1n) is 8.11. The summed E-state index contributed by atoms with van der Waals surface area (Å²) in [7, 11) is 1.63. The first kappa shape index (κ1) is 15.1. The van der Waals surface area contributed by atoms with Gasteiger partial charge in [-0.25, -0.2) is 5.43 Å². The maximum Gasteiger partial charge on any atom is 0.244 e. The van der Waals surface area contributed by atoms with Crippen molar-refractivity contribution >= 4 is 11.6 Å². The van der Waals surface area contributed by atoms with Gasteiger partial charge in [0.15, 0.2) is 0 Å². The monoisotopic (exact) mass is 300 g/mol. The summed E-state index contributed by atoms with van der Waals surface area (Å²) in [5, 5.41) is 4.35. The van der Waals surface area contributed by atoms with Crippen molar-refractivity contribution in [2.45, 2.75) is 39.0 Å². The third kappa shape index (κ3) is 3.32. The fourth-order valence-corrected chi connectivity index (χ4v) is 3.96. The van der Waals surface area contributed by atoms with Crippen LogP contribution in [0.25, 0.3) is 0 Å². The maximum atomic E-state index is 12.0. The normalized spacial score (nSPS) is 27.0. The van der Waals surface area contributed by atoms with E-state index in [-0.39, 0.29) is 5.91 Å². The van der Waals surface area contributed by atoms with E-state index in [1.54, 1.807) is 7.11 Å². The lowest BCUT2D eigenvalue weighted by molar-refractivity contribution is -0.120. The van der Waals surface area contributed by atoms with Gasteiger partial charge in [-0.05, 0) is 55.7 Å². The van der Waals surface area contributed by atoms with Crippen LogP contribution in [0, 0.1) is 17.8 Å². The number of carbonyl (C=O) groups excluding carboxylic acids is 1. The summed E-state index contributed by atoms with van der Waals surface area (Å²) in [5.74, 6) is 3.02. The van der Waals surface area contributed by atoms with E-state index in [0.29, 0.717) is 12.3 Å². The van der Waals surface area contributed by atoms with E-state index in [1.807, 2.05) is 24.3 Å². The third-order valence-corrected chi connectivity index (χ3v) is 5.16. The molecule has 2 bridgehead atoms. The highest BCUT2D eigenvalue weighted by Gasteiger charge is 2.40. The number of methoxy groups -OCH3 is 1. The number of fused-ring (bicyclic) bond motifs is 2. The molecule has 3 atom stereocenters. The molecule has 2 aliphatic carbocycles. The second-order valence-electron chi connectivity index (χ2n) is 6.59. The minimum Gasteiger partial charge on any atom is -0.497 e. The summed E-state index contributed by atoms with van der Waals surface area (Å²) in [5.41, 5.74) is 4.77. The quantitative estimate of drug-likeness (QED) is 0.671. The Labute approximate surface area is 131 Å². The fourth-order valence-electron chi connectivity index (χ4n) is 3.96. The Balaban J connectivity index is 1.51. The van der Waals surface area contributed by atoms with Crippen LogP contribution < -0.4 is 10.2 Å². The van der Waals surface area contributed by atoms with E-state index >= 15 is 0 Å². The molecule has 0 radical (unpaired) electrons. The van der Waals surface area contributed by atoms with Crippen molar-refractivity contribution in [1.29, 1.82) is 0 Å². The highest BCUT2D eigenvalue weighted by atomic mass is 16.5. The van der Waals surface area contributed by atoms with E-state index in [9.17, 15) is 4.79 Å². The molecule has 2 fully saturated rings. The van der Waals surface area contributed by atoms with Gasteiger partial charge in [0.1, 0.15) is 5.75 Å². The summed E-state index contributed by atoms with van der Waals surface area (Å²) in [6.07, 6.45) is 5.68. The second kappa shape index (κ2) is 6.51. The lowest BCUT2D eigenvalue weighted by Gasteiger charge is -2.21. The Hall–Kier alpha value is -1.84. The van der Waals surface area contributed by atoms with Crippen molar-refractivity contribution in [3.8, 4) is 5.75 Å². The second-order valence-corrected chi connectivity index (χ2v) is 6.59. The molecule has 22 heavy (non-hydrogen) atoms. The Morgan fingerprint density at radius 3 is 2.64 bits per heavy atom. The van der Waals surface area contributed by atoms with E-state index in [1.165, 1.54) is 25.7 Å². The van der Waals surface area contributed by atoms with E-state index in [2.05, 4.69) is 17.5 Å². The van der Waals surface area contributed by atoms with Crippen LogP contribution in [0.5, 0.6) is 5.75 Å². The molecule has 4 heteroatoms. The number of hydrazone groups is 1. The molecule has 4 nitrogen and oxygen atoms in total. The van der Waals surface area contributed by atoms with Crippen molar-refractivity contribution in [2.24, 2.45) is 22.9 Å². The number of ether oxygens (including phenoxy) is 1. The Morgan fingerprint density at radius 2 is 2.05 bits per heavy atom. The summed E-state index contributed by atoms with van der Waals surface area (Å²) in [6.45, 7) is 2.05. The zero-order chi connectivity index (χ0) is 15.5. The van der Waals surface area contributed by atoms with Gasteiger partial charge in [-0.1, -0.05) is 18.6 Å². The van der Waals surface area contributed by atoms with Gasteiger partial charge in [0, 0.05) is 11.6 Å². The smallest absolute Gasteiger partial charge is 0.244 e. The van der Waals surface area contributed by atoms with Crippen molar-refractivity contribution in [1.82, 2.24) is 5.43 Å². The lowest BCUT2D eigenvalue weighted by atomic mass is 9.86. The molecule has 2 aliphatic rings. The molecule has 2 saturated carbocycles. The topological polar surface area (TPSA) is 50.7 Å². The molecule has 0 aromatic heterocycles. The number of nitrogens with one attached hydrogen (secondary N) is 1. The lowest BCUT2D eigenvalue weighted by Crippen LogP contribution is -2.25. The van der Waals surface area contributed by atoms with Gasteiger partial charge in [-0.2, -0.15) is 5.10 Å². The molecule has 3 rings (SSSR count). The largest absolute Gasteiger partial charge is 0.497 e. The average Bonchev–Trinajstić information content (AvgIpc) is 3.16. The predicted molar refractivity (Wildman–Crippen MR) is 86.9 cm³/mol. The number of rotatable bonds is 5. The van der Waals surface area contributed by atoms with E-state index in [4.69, 9.17) is 4.74 Å². The van der Waals surface area contributed by atoms with Gasteiger partial charge < -0.3 is 4.74 Å². The molecule has 1 aromatic carbocycles. The van der Waals surface area contributed by atoms with Crippen LogP contribution in [0.4, 0.5) is 0 Å². The van der Waals surface area contributed by atoms with Crippen LogP contribution in [-0.2, 0) is 11.2 Å². The van der Waals surface area contributed by atoms with Crippen LogP contribution >= 0.6 is 0 Å². The van der Waals surface area contributed by atoms with Gasteiger partial charge in [0.25, 0.3) is 0 Å². The predicted octanol–water partition coefficient (Wildman–Crippen LogP) is 3.17. The van der Waals surface area contributed by atoms with Crippen LogP contribution in [0.2, 0.25) is 0 Å². The Morgan fingerprint density at radius 1 is 1.27 bits per heavy atom. The average molecular weight is 300 g/mol. The summed E-state index contributed by atoms with van der Waals surface area (Å²) in [4.78, 5) is 12.0.